The number of carbonyl (C=O) groups is 1. The molecular formula is C10H11N3O4S2. The van der Waals surface area contributed by atoms with E-state index in [9.17, 15) is 13.2 Å². The fourth-order valence-electron chi connectivity index (χ4n) is 1.40. The molecule has 0 aliphatic rings. The fraction of sp³-hybridized carbons (Fsp3) is 0.200. The Hall–Kier alpha value is -1.71. The van der Waals surface area contributed by atoms with Crippen LogP contribution in [0.1, 0.15) is 15.4 Å². The highest BCUT2D eigenvalue weighted by Crippen LogP contribution is 2.18. The van der Waals surface area contributed by atoms with Gasteiger partial charge >= 0.3 is 5.97 Å². The Kier molecular flexibility index (Phi) is 3.98. The summed E-state index contributed by atoms with van der Waals surface area (Å²) in [4.78, 5) is 17.3. The molecule has 0 aromatic carbocycles. The van der Waals surface area contributed by atoms with Gasteiger partial charge in [0.05, 0.1) is 11.2 Å². The van der Waals surface area contributed by atoms with Crippen molar-refractivity contribution in [2.75, 3.05) is 6.54 Å². The Labute approximate surface area is 113 Å². The molecule has 0 saturated carbocycles. The normalized spacial score (nSPS) is 11.6. The third-order valence-electron chi connectivity index (χ3n) is 2.34. The smallest absolute Gasteiger partial charge is 0.345 e. The van der Waals surface area contributed by atoms with Crippen LogP contribution in [0, 0.1) is 0 Å². The summed E-state index contributed by atoms with van der Waals surface area (Å²) in [6.45, 7) is 0.211. The van der Waals surface area contributed by atoms with Crippen molar-refractivity contribution in [2.24, 2.45) is 0 Å². The molecule has 0 amide bonds. The van der Waals surface area contributed by atoms with E-state index in [0.717, 1.165) is 23.1 Å². The highest BCUT2D eigenvalue weighted by Gasteiger charge is 2.17. The molecule has 2 rings (SSSR count). The Balaban J connectivity index is 1.99. The molecule has 0 spiro atoms. The van der Waals surface area contributed by atoms with Gasteiger partial charge < -0.3 is 10.1 Å². The molecule has 102 valence electrons. The lowest BCUT2D eigenvalue weighted by Crippen LogP contribution is -2.25. The van der Waals surface area contributed by atoms with E-state index in [1.165, 1.54) is 11.7 Å². The lowest BCUT2D eigenvalue weighted by Gasteiger charge is -2.03. The van der Waals surface area contributed by atoms with Gasteiger partial charge in [-0.15, -0.1) is 11.3 Å². The average molecular weight is 301 g/mol. The number of thiophene rings is 1. The van der Waals surface area contributed by atoms with Crippen molar-refractivity contribution in [3.05, 3.63) is 34.5 Å². The summed E-state index contributed by atoms with van der Waals surface area (Å²) < 4.78 is 26.2. The zero-order chi connectivity index (χ0) is 13.9. The number of nitrogens with one attached hydrogen (secondary N) is 2. The molecule has 0 bridgehead atoms. The van der Waals surface area contributed by atoms with Crippen molar-refractivity contribution < 1.29 is 18.3 Å². The van der Waals surface area contributed by atoms with E-state index in [2.05, 4.69) is 14.7 Å². The second-order valence-corrected chi connectivity index (χ2v) is 6.35. The minimum Gasteiger partial charge on any atom is -0.477 e. The summed E-state index contributed by atoms with van der Waals surface area (Å²) in [6.07, 6.45) is 3.61. The number of aromatic nitrogens is 2. The summed E-state index contributed by atoms with van der Waals surface area (Å²) in [5.74, 6) is -1.14. The van der Waals surface area contributed by atoms with Crippen molar-refractivity contribution in [1.82, 2.24) is 14.7 Å². The number of hydrogen-bond acceptors (Lipinski definition) is 5. The number of imidazole rings is 1. The standard InChI is InChI=1S/C10H11N3O4S2/c14-10(15)9-3-8(5-18-9)19(16,17)13-2-1-7-4-11-6-12-7/h3-6,13H,1-2H2,(H,11,12)(H,14,15). The first kappa shape index (κ1) is 13.7. The minimum absolute atomic E-state index is 0.00561. The van der Waals surface area contributed by atoms with E-state index < -0.39 is 16.0 Å². The highest BCUT2D eigenvalue weighted by molar-refractivity contribution is 7.89. The van der Waals surface area contributed by atoms with Crippen molar-refractivity contribution in [3.8, 4) is 0 Å². The van der Waals surface area contributed by atoms with E-state index in [-0.39, 0.29) is 16.3 Å². The monoisotopic (exact) mass is 301 g/mol. The van der Waals surface area contributed by atoms with Gasteiger partial charge in [0, 0.05) is 30.2 Å². The van der Waals surface area contributed by atoms with Crippen molar-refractivity contribution in [2.45, 2.75) is 11.3 Å². The zero-order valence-electron chi connectivity index (χ0n) is 9.66. The van der Waals surface area contributed by atoms with Gasteiger partial charge in [-0.3, -0.25) is 0 Å². The lowest BCUT2D eigenvalue weighted by atomic mass is 10.3. The molecule has 19 heavy (non-hydrogen) atoms. The first-order valence-electron chi connectivity index (χ1n) is 5.28. The fourth-order valence-corrected chi connectivity index (χ4v) is 3.54. The molecule has 0 unspecified atom stereocenters. The van der Waals surface area contributed by atoms with Crippen LogP contribution in [0.5, 0.6) is 0 Å². The summed E-state index contributed by atoms with van der Waals surface area (Å²) in [5.41, 5.74) is 0.819. The summed E-state index contributed by atoms with van der Waals surface area (Å²) in [5, 5.41) is 10.1. The Morgan fingerprint density at radius 3 is 2.89 bits per heavy atom. The van der Waals surface area contributed by atoms with Crippen LogP contribution < -0.4 is 4.72 Å². The van der Waals surface area contributed by atoms with Crippen LogP contribution in [0.2, 0.25) is 0 Å². The maximum absolute atomic E-state index is 11.9. The van der Waals surface area contributed by atoms with E-state index in [4.69, 9.17) is 5.11 Å². The molecule has 0 aliphatic heterocycles. The summed E-state index contributed by atoms with van der Waals surface area (Å²) in [7, 11) is -3.66. The van der Waals surface area contributed by atoms with Gasteiger partial charge in [-0.2, -0.15) is 0 Å². The molecule has 7 nitrogen and oxygen atoms in total. The van der Waals surface area contributed by atoms with Crippen molar-refractivity contribution >= 4 is 27.3 Å². The second kappa shape index (κ2) is 5.51. The van der Waals surface area contributed by atoms with E-state index >= 15 is 0 Å². The van der Waals surface area contributed by atoms with Crippen LogP contribution >= 0.6 is 11.3 Å². The predicted molar refractivity (Wildman–Crippen MR) is 68.8 cm³/mol. The Bertz CT molecular complexity index is 661. The molecule has 9 heteroatoms. The van der Waals surface area contributed by atoms with E-state index in [1.807, 2.05) is 0 Å². The SMILES string of the molecule is O=C(O)c1cc(S(=O)(=O)NCCc2cnc[nH]2)cs1. The van der Waals surface area contributed by atoms with Crippen LogP contribution in [-0.4, -0.2) is 36.0 Å². The van der Waals surface area contributed by atoms with Crippen LogP contribution in [0.15, 0.2) is 28.9 Å². The highest BCUT2D eigenvalue weighted by atomic mass is 32.2. The largest absolute Gasteiger partial charge is 0.477 e. The van der Waals surface area contributed by atoms with Gasteiger partial charge in [-0.25, -0.2) is 22.9 Å². The molecular weight excluding hydrogens is 290 g/mol. The number of carboxylic acid groups (broad SMARTS) is 1. The molecule has 0 fully saturated rings. The molecule has 3 N–H and O–H groups in total. The quantitative estimate of drug-likeness (QED) is 0.726. The average Bonchev–Trinajstić information content (AvgIpc) is 2.99. The van der Waals surface area contributed by atoms with Crippen LogP contribution in [-0.2, 0) is 16.4 Å². The number of H-pyrrole nitrogens is 1. The number of aromatic amines is 1. The molecule has 2 aromatic heterocycles. The molecule has 2 aromatic rings. The number of sulfonamides is 1. The van der Waals surface area contributed by atoms with Gasteiger partial charge in [-0.05, 0) is 6.07 Å². The van der Waals surface area contributed by atoms with Crippen LogP contribution in [0.4, 0.5) is 0 Å². The topological polar surface area (TPSA) is 112 Å². The van der Waals surface area contributed by atoms with Crippen molar-refractivity contribution in [3.63, 3.8) is 0 Å². The Morgan fingerprint density at radius 1 is 1.53 bits per heavy atom. The van der Waals surface area contributed by atoms with E-state index in [0.29, 0.717) is 6.42 Å². The lowest BCUT2D eigenvalue weighted by molar-refractivity contribution is 0.0702. The molecule has 0 radical (unpaired) electrons. The Morgan fingerprint density at radius 2 is 2.32 bits per heavy atom. The number of aromatic carboxylic acids is 1. The van der Waals surface area contributed by atoms with Gasteiger partial charge in [0.2, 0.25) is 10.0 Å². The maximum atomic E-state index is 11.9. The maximum Gasteiger partial charge on any atom is 0.345 e. The number of nitrogens with zero attached hydrogens (tertiary/aromatic N) is 1. The zero-order valence-corrected chi connectivity index (χ0v) is 11.3. The summed E-state index contributed by atoms with van der Waals surface area (Å²) in [6, 6.07) is 1.14. The molecule has 0 saturated heterocycles. The number of rotatable bonds is 6. The van der Waals surface area contributed by atoms with Gasteiger partial charge in [-0.1, -0.05) is 0 Å². The van der Waals surface area contributed by atoms with Crippen molar-refractivity contribution in [1.29, 1.82) is 0 Å². The first-order valence-corrected chi connectivity index (χ1v) is 7.64. The van der Waals surface area contributed by atoms with Gasteiger partial charge in [0.1, 0.15) is 4.88 Å². The molecule has 0 atom stereocenters. The molecule has 2 heterocycles. The number of hydrogen-bond donors (Lipinski definition) is 3. The first-order chi connectivity index (χ1) is 8.99. The van der Waals surface area contributed by atoms with Gasteiger partial charge in [0.15, 0.2) is 0 Å². The second-order valence-electron chi connectivity index (χ2n) is 3.68. The summed E-state index contributed by atoms with van der Waals surface area (Å²) >= 11 is 0.881. The van der Waals surface area contributed by atoms with Gasteiger partial charge in [0.25, 0.3) is 0 Å². The van der Waals surface area contributed by atoms with Crippen LogP contribution in [0.25, 0.3) is 0 Å². The minimum atomic E-state index is -3.66. The third kappa shape index (κ3) is 3.40. The third-order valence-corrected chi connectivity index (χ3v) is 4.85. The van der Waals surface area contributed by atoms with Crippen LogP contribution in [0.3, 0.4) is 0 Å². The number of carboxylic acids is 1. The van der Waals surface area contributed by atoms with E-state index in [1.54, 1.807) is 6.20 Å². The predicted octanol–water partition coefficient (Wildman–Crippen LogP) is 0.690. The molecule has 0 aliphatic carbocycles.